The summed E-state index contributed by atoms with van der Waals surface area (Å²) >= 11 is 0. The topological polar surface area (TPSA) is 120 Å². The predicted octanol–water partition coefficient (Wildman–Crippen LogP) is 1.18. The number of hydrazine groups is 1. The molecule has 1 aromatic carbocycles. The first-order chi connectivity index (χ1) is 10.0. The van der Waals surface area contributed by atoms with E-state index in [1.54, 1.807) is 0 Å². The van der Waals surface area contributed by atoms with Gasteiger partial charge in [0.05, 0.1) is 16.7 Å². The summed E-state index contributed by atoms with van der Waals surface area (Å²) in [5, 5.41) is 13.4. The van der Waals surface area contributed by atoms with Gasteiger partial charge < -0.3 is 15.5 Å². The minimum Gasteiger partial charge on any atom is -0.382 e. The molecule has 4 N–H and O–H groups in total. The highest BCUT2D eigenvalue weighted by molar-refractivity contribution is 5.99. The van der Waals surface area contributed by atoms with Gasteiger partial charge in [-0.25, -0.2) is 4.39 Å². The molecule has 1 rings (SSSR count). The molecule has 21 heavy (non-hydrogen) atoms. The summed E-state index contributed by atoms with van der Waals surface area (Å²) < 4.78 is 18.5. The van der Waals surface area contributed by atoms with Gasteiger partial charge in [0, 0.05) is 19.8 Å². The Hall–Kier alpha value is -2.26. The summed E-state index contributed by atoms with van der Waals surface area (Å²) in [6.45, 7) is 3.18. The van der Waals surface area contributed by atoms with E-state index in [-0.39, 0.29) is 11.3 Å². The monoisotopic (exact) mass is 300 g/mol. The lowest BCUT2D eigenvalue weighted by atomic mass is 10.1. The molecule has 0 aliphatic carbocycles. The van der Waals surface area contributed by atoms with Crippen LogP contribution in [0.25, 0.3) is 0 Å². The zero-order valence-electron chi connectivity index (χ0n) is 11.5. The number of carbonyl (C=O) groups excluding carboxylic acids is 1. The number of nitrogens with one attached hydrogen (secondary N) is 2. The first-order valence-electron chi connectivity index (χ1n) is 6.31. The zero-order chi connectivity index (χ0) is 15.8. The molecule has 0 unspecified atom stereocenters. The largest absolute Gasteiger partial charge is 0.382 e. The molecule has 1 amide bonds. The van der Waals surface area contributed by atoms with Crippen LogP contribution in [0.5, 0.6) is 0 Å². The third kappa shape index (κ3) is 4.65. The highest BCUT2D eigenvalue weighted by Gasteiger charge is 2.23. The Labute approximate surface area is 120 Å². The molecule has 0 radical (unpaired) electrons. The van der Waals surface area contributed by atoms with Crippen LogP contribution in [0.2, 0.25) is 0 Å². The predicted molar refractivity (Wildman–Crippen MR) is 74.3 cm³/mol. The van der Waals surface area contributed by atoms with Gasteiger partial charge in [-0.3, -0.25) is 20.8 Å². The Morgan fingerprint density at radius 1 is 1.52 bits per heavy atom. The summed E-state index contributed by atoms with van der Waals surface area (Å²) in [4.78, 5) is 22.0. The van der Waals surface area contributed by atoms with Gasteiger partial charge in [-0.05, 0) is 19.4 Å². The number of amides is 1. The Balaban J connectivity index is 2.84. The number of nitro groups is 1. The maximum atomic E-state index is 13.5. The smallest absolute Gasteiger partial charge is 0.285 e. The third-order valence-electron chi connectivity index (χ3n) is 2.64. The van der Waals surface area contributed by atoms with E-state index in [4.69, 9.17) is 10.6 Å². The van der Waals surface area contributed by atoms with Crippen LogP contribution in [0.4, 0.5) is 15.8 Å². The average Bonchev–Trinajstić information content (AvgIpc) is 2.46. The van der Waals surface area contributed by atoms with Gasteiger partial charge >= 0.3 is 0 Å². The maximum Gasteiger partial charge on any atom is 0.285 e. The van der Waals surface area contributed by atoms with E-state index >= 15 is 0 Å². The third-order valence-corrected chi connectivity index (χ3v) is 2.64. The van der Waals surface area contributed by atoms with E-state index in [2.05, 4.69) is 5.32 Å². The van der Waals surface area contributed by atoms with Gasteiger partial charge in [0.2, 0.25) is 0 Å². The van der Waals surface area contributed by atoms with Crippen LogP contribution < -0.4 is 16.6 Å². The molecule has 0 saturated carbocycles. The van der Waals surface area contributed by atoms with Gasteiger partial charge in [0.15, 0.2) is 5.82 Å². The maximum absolute atomic E-state index is 13.5. The highest BCUT2D eigenvalue weighted by atomic mass is 19.1. The number of hydrogen-bond donors (Lipinski definition) is 3. The molecule has 0 aliphatic rings. The van der Waals surface area contributed by atoms with Crippen molar-refractivity contribution in [1.29, 1.82) is 0 Å². The average molecular weight is 300 g/mol. The van der Waals surface area contributed by atoms with E-state index in [0.717, 1.165) is 6.07 Å². The van der Waals surface area contributed by atoms with Crippen LogP contribution in [0.3, 0.4) is 0 Å². The van der Waals surface area contributed by atoms with Crippen LogP contribution in [-0.4, -0.2) is 30.6 Å². The lowest BCUT2D eigenvalue weighted by Crippen LogP contribution is -2.26. The summed E-state index contributed by atoms with van der Waals surface area (Å²) in [6, 6.07) is 1.66. The minimum absolute atomic E-state index is 0.194. The summed E-state index contributed by atoms with van der Waals surface area (Å²) in [5.41, 5.74) is 0.973. The van der Waals surface area contributed by atoms with Gasteiger partial charge in [-0.2, -0.15) is 0 Å². The first-order valence-corrected chi connectivity index (χ1v) is 6.31. The molecular formula is C12H17FN4O4. The Kier molecular flexibility index (Phi) is 6.50. The van der Waals surface area contributed by atoms with E-state index < -0.39 is 22.3 Å². The molecule has 1 aromatic rings. The van der Waals surface area contributed by atoms with Crippen LogP contribution >= 0.6 is 0 Å². The highest BCUT2D eigenvalue weighted by Crippen LogP contribution is 2.25. The lowest BCUT2D eigenvalue weighted by molar-refractivity contribution is -0.385. The number of carbonyl (C=O) groups is 1. The molecule has 0 spiro atoms. The molecule has 0 aromatic heterocycles. The van der Waals surface area contributed by atoms with Crippen molar-refractivity contribution in [2.45, 2.75) is 13.3 Å². The first kappa shape index (κ1) is 16.8. The van der Waals surface area contributed by atoms with E-state index in [1.165, 1.54) is 0 Å². The normalized spacial score (nSPS) is 10.2. The van der Waals surface area contributed by atoms with Crippen molar-refractivity contribution < 1.29 is 18.8 Å². The molecule has 0 heterocycles. The number of anilines is 1. The second kappa shape index (κ2) is 8.12. The number of halogens is 1. The van der Waals surface area contributed by atoms with Gasteiger partial charge in [-0.1, -0.05) is 0 Å². The van der Waals surface area contributed by atoms with Crippen molar-refractivity contribution in [3.8, 4) is 0 Å². The van der Waals surface area contributed by atoms with Crippen LogP contribution in [0.1, 0.15) is 23.7 Å². The fraction of sp³-hybridized carbons (Fsp3) is 0.417. The van der Waals surface area contributed by atoms with E-state index in [0.29, 0.717) is 32.2 Å². The molecule has 9 heteroatoms. The van der Waals surface area contributed by atoms with Crippen molar-refractivity contribution >= 4 is 17.3 Å². The molecule has 0 saturated heterocycles. The standard InChI is InChI=1S/C12H17FN4O4/c1-2-21-5-3-4-15-12(18)8-6-10(16-14)9(13)7-11(8)17(19)20/h6-7,16H,2-5,14H2,1H3,(H,15,18). The fourth-order valence-electron chi connectivity index (χ4n) is 1.62. The number of nitrogens with two attached hydrogens (primary N) is 1. The van der Waals surface area contributed by atoms with Crippen LogP contribution in [-0.2, 0) is 4.74 Å². The van der Waals surface area contributed by atoms with Gasteiger partial charge in [0.1, 0.15) is 5.56 Å². The van der Waals surface area contributed by atoms with Crippen LogP contribution in [0, 0.1) is 15.9 Å². The molecule has 0 bridgehead atoms. The summed E-state index contributed by atoms with van der Waals surface area (Å²) in [6.07, 6.45) is 0.566. The second-order valence-electron chi connectivity index (χ2n) is 4.06. The number of ether oxygens (including phenoxy) is 1. The van der Waals surface area contributed by atoms with Crippen LogP contribution in [0.15, 0.2) is 12.1 Å². The number of rotatable bonds is 8. The number of nitrogens with zero attached hydrogens (tertiary/aromatic N) is 1. The molecular weight excluding hydrogens is 283 g/mol. The van der Waals surface area contributed by atoms with Crippen molar-refractivity contribution in [3.05, 3.63) is 33.6 Å². The summed E-state index contributed by atoms with van der Waals surface area (Å²) in [5.74, 6) is 3.52. The number of hydrogen-bond acceptors (Lipinski definition) is 6. The van der Waals surface area contributed by atoms with E-state index in [1.807, 2.05) is 12.3 Å². The van der Waals surface area contributed by atoms with Gasteiger partial charge in [-0.15, -0.1) is 0 Å². The fourth-order valence-corrected chi connectivity index (χ4v) is 1.62. The second-order valence-corrected chi connectivity index (χ2v) is 4.06. The SMILES string of the molecule is CCOCCCNC(=O)c1cc(NN)c(F)cc1[N+](=O)[O-]. The minimum atomic E-state index is -0.905. The lowest BCUT2D eigenvalue weighted by Gasteiger charge is -2.08. The van der Waals surface area contributed by atoms with E-state index in [9.17, 15) is 19.3 Å². The number of benzene rings is 1. The number of nitrogen functional groups attached to an aromatic ring is 1. The molecule has 8 nitrogen and oxygen atoms in total. The van der Waals surface area contributed by atoms with Crippen molar-refractivity contribution in [2.75, 3.05) is 25.2 Å². The zero-order valence-corrected chi connectivity index (χ0v) is 11.5. The van der Waals surface area contributed by atoms with Crippen molar-refractivity contribution in [2.24, 2.45) is 5.84 Å². The Morgan fingerprint density at radius 3 is 2.81 bits per heavy atom. The quantitative estimate of drug-likeness (QED) is 0.287. The van der Waals surface area contributed by atoms with Crippen molar-refractivity contribution in [1.82, 2.24) is 5.32 Å². The molecule has 0 aliphatic heterocycles. The van der Waals surface area contributed by atoms with Crippen molar-refractivity contribution in [3.63, 3.8) is 0 Å². The molecule has 116 valence electrons. The Bertz CT molecular complexity index is 524. The molecule has 0 atom stereocenters. The molecule has 0 fully saturated rings. The Morgan fingerprint density at radius 2 is 2.24 bits per heavy atom. The summed E-state index contributed by atoms with van der Waals surface area (Å²) in [7, 11) is 0. The number of nitro benzene ring substituents is 1. The van der Waals surface area contributed by atoms with Gasteiger partial charge in [0.25, 0.3) is 11.6 Å².